The van der Waals surface area contributed by atoms with E-state index in [1.807, 2.05) is 60.1 Å². The number of ether oxygens (including phenoxy) is 1. The number of aromatic nitrogens is 2. The lowest BCUT2D eigenvalue weighted by atomic mass is 10.2. The first-order chi connectivity index (χ1) is 12.2. The molecule has 1 N–H and O–H groups in total. The van der Waals surface area contributed by atoms with Crippen LogP contribution in [0.5, 0.6) is 5.75 Å². The summed E-state index contributed by atoms with van der Waals surface area (Å²) in [5.74, 6) is 0.748. The Bertz CT molecular complexity index is 920. The number of hydrogen-bond acceptors (Lipinski definition) is 5. The van der Waals surface area contributed by atoms with Gasteiger partial charge in [-0.15, -0.1) is 0 Å². The van der Waals surface area contributed by atoms with E-state index in [9.17, 15) is 4.79 Å². The molecule has 0 radical (unpaired) electrons. The average Bonchev–Trinajstić information content (AvgIpc) is 2.97. The minimum Gasteiger partial charge on any atom is -0.496 e. The van der Waals surface area contributed by atoms with Crippen LogP contribution in [-0.4, -0.2) is 34.5 Å². The Balaban J connectivity index is 1.57. The summed E-state index contributed by atoms with van der Waals surface area (Å²) in [6, 6.07) is 15.3. The van der Waals surface area contributed by atoms with Gasteiger partial charge in [0.2, 0.25) is 0 Å². The number of hydrazone groups is 1. The van der Waals surface area contributed by atoms with E-state index in [1.165, 1.54) is 11.8 Å². The molecule has 0 aliphatic carbocycles. The molecule has 1 amide bonds. The van der Waals surface area contributed by atoms with Crippen LogP contribution in [0.3, 0.4) is 0 Å². The summed E-state index contributed by atoms with van der Waals surface area (Å²) in [5, 5.41) is 4.78. The first-order valence-electron chi connectivity index (χ1n) is 7.68. The number of hydrogen-bond donors (Lipinski definition) is 1. The fourth-order valence-corrected chi connectivity index (χ4v) is 3.14. The molecule has 0 saturated carbocycles. The van der Waals surface area contributed by atoms with Crippen molar-refractivity contribution in [3.63, 3.8) is 0 Å². The molecule has 7 heteroatoms. The second-order valence-corrected chi connectivity index (χ2v) is 6.21. The largest absolute Gasteiger partial charge is 0.496 e. The quantitative estimate of drug-likeness (QED) is 0.420. The zero-order chi connectivity index (χ0) is 17.6. The monoisotopic (exact) mass is 354 g/mol. The van der Waals surface area contributed by atoms with Crippen LogP contribution in [0.1, 0.15) is 5.56 Å². The Hall–Kier alpha value is -2.80. The van der Waals surface area contributed by atoms with Crippen molar-refractivity contribution in [2.45, 2.75) is 5.16 Å². The number of fused-ring (bicyclic) bond motifs is 1. The highest BCUT2D eigenvalue weighted by Crippen LogP contribution is 2.22. The molecule has 3 aromatic rings. The lowest BCUT2D eigenvalue weighted by molar-refractivity contribution is -0.118. The number of para-hydroxylation sites is 3. The Labute approximate surface area is 149 Å². The molecular formula is C18H18N4O2S. The predicted octanol–water partition coefficient (Wildman–Crippen LogP) is 2.82. The molecule has 1 aromatic heterocycles. The van der Waals surface area contributed by atoms with Gasteiger partial charge in [-0.3, -0.25) is 4.79 Å². The number of nitrogens with one attached hydrogen (secondary N) is 1. The topological polar surface area (TPSA) is 68.5 Å². The molecule has 0 aliphatic heterocycles. The van der Waals surface area contributed by atoms with Gasteiger partial charge in [0.1, 0.15) is 5.75 Å². The van der Waals surface area contributed by atoms with Crippen LogP contribution in [0.4, 0.5) is 0 Å². The van der Waals surface area contributed by atoms with Gasteiger partial charge in [-0.1, -0.05) is 36.0 Å². The molecule has 0 aliphatic rings. The molecule has 0 fully saturated rings. The van der Waals surface area contributed by atoms with Crippen LogP contribution in [-0.2, 0) is 11.8 Å². The highest BCUT2D eigenvalue weighted by atomic mass is 32.2. The summed E-state index contributed by atoms with van der Waals surface area (Å²) < 4.78 is 7.21. The summed E-state index contributed by atoms with van der Waals surface area (Å²) in [4.78, 5) is 16.5. The van der Waals surface area contributed by atoms with Crippen LogP contribution in [0.25, 0.3) is 11.0 Å². The first-order valence-corrected chi connectivity index (χ1v) is 8.67. The van der Waals surface area contributed by atoms with Crippen LogP contribution >= 0.6 is 11.8 Å². The van der Waals surface area contributed by atoms with Crippen molar-refractivity contribution >= 4 is 34.9 Å². The van der Waals surface area contributed by atoms with Gasteiger partial charge in [-0.2, -0.15) is 5.10 Å². The fourth-order valence-electron chi connectivity index (χ4n) is 2.36. The lowest BCUT2D eigenvalue weighted by Crippen LogP contribution is -2.19. The van der Waals surface area contributed by atoms with Gasteiger partial charge < -0.3 is 9.30 Å². The Kier molecular flexibility index (Phi) is 5.35. The van der Waals surface area contributed by atoms with Gasteiger partial charge in [-0.05, 0) is 24.3 Å². The SMILES string of the molecule is COc1ccccc1/C=N\NC(=O)CSc1nc2ccccc2n1C. The molecule has 0 atom stereocenters. The van der Waals surface area contributed by atoms with E-state index < -0.39 is 0 Å². The number of benzene rings is 2. The van der Waals surface area contributed by atoms with Crippen LogP contribution in [0.2, 0.25) is 0 Å². The number of carbonyl (C=O) groups excluding carboxylic acids is 1. The van der Waals surface area contributed by atoms with Gasteiger partial charge in [0.15, 0.2) is 5.16 Å². The van der Waals surface area contributed by atoms with Crippen molar-refractivity contribution in [1.29, 1.82) is 0 Å². The van der Waals surface area contributed by atoms with Crippen molar-refractivity contribution in [3.05, 3.63) is 54.1 Å². The summed E-state index contributed by atoms with van der Waals surface area (Å²) >= 11 is 1.38. The molecule has 25 heavy (non-hydrogen) atoms. The molecule has 128 valence electrons. The normalized spacial score (nSPS) is 11.1. The van der Waals surface area contributed by atoms with Crippen molar-refractivity contribution < 1.29 is 9.53 Å². The second kappa shape index (κ2) is 7.85. The van der Waals surface area contributed by atoms with E-state index >= 15 is 0 Å². The highest BCUT2D eigenvalue weighted by molar-refractivity contribution is 7.99. The number of carbonyl (C=O) groups is 1. The summed E-state index contributed by atoms with van der Waals surface area (Å²) in [6.07, 6.45) is 1.57. The van der Waals surface area contributed by atoms with Gasteiger partial charge in [0.05, 0.1) is 30.1 Å². The molecule has 0 bridgehead atoms. The van der Waals surface area contributed by atoms with E-state index in [4.69, 9.17) is 4.74 Å². The zero-order valence-corrected chi connectivity index (χ0v) is 14.8. The minimum absolute atomic E-state index is 0.191. The molecule has 6 nitrogen and oxygen atoms in total. The lowest BCUT2D eigenvalue weighted by Gasteiger charge is -2.03. The zero-order valence-electron chi connectivity index (χ0n) is 14.0. The van der Waals surface area contributed by atoms with Crippen LogP contribution in [0, 0.1) is 0 Å². The Morgan fingerprint density at radius 2 is 2.04 bits per heavy atom. The number of rotatable bonds is 6. The van der Waals surface area contributed by atoms with E-state index in [0.717, 1.165) is 21.8 Å². The molecular weight excluding hydrogens is 336 g/mol. The minimum atomic E-state index is -0.191. The third-order valence-corrected chi connectivity index (χ3v) is 4.64. The predicted molar refractivity (Wildman–Crippen MR) is 100 cm³/mol. The fraction of sp³-hybridized carbons (Fsp3) is 0.167. The van der Waals surface area contributed by atoms with E-state index in [0.29, 0.717) is 5.75 Å². The number of aryl methyl sites for hydroxylation is 1. The van der Waals surface area contributed by atoms with Gasteiger partial charge >= 0.3 is 0 Å². The maximum absolute atomic E-state index is 12.0. The third-order valence-electron chi connectivity index (χ3n) is 3.61. The third kappa shape index (κ3) is 4.00. The van der Waals surface area contributed by atoms with Gasteiger partial charge in [0.25, 0.3) is 5.91 Å². The van der Waals surface area contributed by atoms with Gasteiger partial charge in [-0.25, -0.2) is 10.4 Å². The van der Waals surface area contributed by atoms with Crippen LogP contribution in [0.15, 0.2) is 58.8 Å². The average molecular weight is 354 g/mol. The maximum Gasteiger partial charge on any atom is 0.250 e. The van der Waals surface area contributed by atoms with Gasteiger partial charge in [0, 0.05) is 12.6 Å². The van der Waals surface area contributed by atoms with E-state index in [1.54, 1.807) is 13.3 Å². The maximum atomic E-state index is 12.0. The van der Waals surface area contributed by atoms with Crippen molar-refractivity contribution in [1.82, 2.24) is 15.0 Å². The number of nitrogens with zero attached hydrogens (tertiary/aromatic N) is 3. The number of amides is 1. The number of imidazole rings is 1. The summed E-state index contributed by atoms with van der Waals surface area (Å²) in [5.41, 5.74) is 5.28. The molecule has 0 spiro atoms. The van der Waals surface area contributed by atoms with E-state index in [2.05, 4.69) is 15.5 Å². The highest BCUT2D eigenvalue weighted by Gasteiger charge is 2.09. The second-order valence-electron chi connectivity index (χ2n) is 5.27. The molecule has 3 rings (SSSR count). The summed E-state index contributed by atoms with van der Waals surface area (Å²) in [6.45, 7) is 0. The molecule has 0 saturated heterocycles. The molecule has 1 heterocycles. The Morgan fingerprint density at radius 1 is 1.28 bits per heavy atom. The van der Waals surface area contributed by atoms with Crippen LogP contribution < -0.4 is 10.2 Å². The summed E-state index contributed by atoms with van der Waals surface area (Å²) in [7, 11) is 3.54. The Morgan fingerprint density at radius 3 is 2.84 bits per heavy atom. The number of thioether (sulfide) groups is 1. The van der Waals surface area contributed by atoms with E-state index in [-0.39, 0.29) is 11.7 Å². The van der Waals surface area contributed by atoms with Crippen molar-refractivity contribution in [3.8, 4) is 5.75 Å². The number of methoxy groups -OCH3 is 1. The standard InChI is InChI=1S/C18H18N4O2S/c1-22-15-9-5-4-8-14(15)20-18(22)25-12-17(23)21-19-11-13-7-3-6-10-16(13)24-2/h3-11H,12H2,1-2H3,(H,21,23)/b19-11-. The van der Waals surface area contributed by atoms with Crippen molar-refractivity contribution in [2.24, 2.45) is 12.1 Å². The van der Waals surface area contributed by atoms with Crippen molar-refractivity contribution in [2.75, 3.05) is 12.9 Å². The smallest absolute Gasteiger partial charge is 0.250 e. The first kappa shape index (κ1) is 17.0. The molecule has 0 unspecified atom stereocenters. The molecule has 2 aromatic carbocycles.